The highest BCUT2D eigenvalue weighted by Crippen LogP contribution is 2.21. The van der Waals surface area contributed by atoms with Crippen molar-refractivity contribution in [1.82, 2.24) is 9.88 Å². The summed E-state index contributed by atoms with van der Waals surface area (Å²) in [4.78, 5) is 18.7. The highest BCUT2D eigenvalue weighted by Gasteiger charge is 2.25. The third-order valence-electron chi connectivity index (χ3n) is 3.87. The van der Waals surface area contributed by atoms with Crippen molar-refractivity contribution in [3.8, 4) is 0 Å². The SMILES string of the molecule is O=C(Nc1nccs1)C1CCN(Cc2ccccc2)CC1. The summed E-state index contributed by atoms with van der Waals surface area (Å²) >= 11 is 1.46. The van der Waals surface area contributed by atoms with E-state index in [-0.39, 0.29) is 11.8 Å². The molecule has 1 aliphatic rings. The molecule has 0 spiro atoms. The molecule has 0 saturated carbocycles. The number of anilines is 1. The zero-order chi connectivity index (χ0) is 14.5. The Kier molecular flexibility index (Phi) is 4.62. The van der Waals surface area contributed by atoms with Gasteiger partial charge in [-0.2, -0.15) is 0 Å². The quantitative estimate of drug-likeness (QED) is 0.944. The molecule has 110 valence electrons. The molecule has 2 aromatic rings. The number of piperidine rings is 1. The average molecular weight is 301 g/mol. The molecule has 1 amide bonds. The Labute approximate surface area is 128 Å². The number of hydrogen-bond acceptors (Lipinski definition) is 4. The van der Waals surface area contributed by atoms with Gasteiger partial charge in [-0.25, -0.2) is 4.98 Å². The standard InChI is InChI=1S/C16H19N3OS/c20-15(18-16-17-8-11-21-16)14-6-9-19(10-7-14)12-13-4-2-1-3-5-13/h1-5,8,11,14H,6-7,9-10,12H2,(H,17,18,20). The monoisotopic (exact) mass is 301 g/mol. The van der Waals surface area contributed by atoms with Gasteiger partial charge in [-0.15, -0.1) is 11.3 Å². The molecule has 1 saturated heterocycles. The maximum atomic E-state index is 12.2. The molecule has 0 bridgehead atoms. The fourth-order valence-electron chi connectivity index (χ4n) is 2.69. The van der Waals surface area contributed by atoms with Gasteiger partial charge in [-0.3, -0.25) is 9.69 Å². The van der Waals surface area contributed by atoms with E-state index in [1.807, 2.05) is 11.4 Å². The van der Waals surface area contributed by atoms with E-state index in [4.69, 9.17) is 0 Å². The van der Waals surface area contributed by atoms with Crippen LogP contribution >= 0.6 is 11.3 Å². The van der Waals surface area contributed by atoms with E-state index in [2.05, 4.69) is 39.5 Å². The molecule has 5 heteroatoms. The molecule has 1 N–H and O–H groups in total. The number of benzene rings is 1. The second kappa shape index (κ2) is 6.83. The van der Waals surface area contributed by atoms with Crippen LogP contribution in [-0.2, 0) is 11.3 Å². The lowest BCUT2D eigenvalue weighted by molar-refractivity contribution is -0.121. The van der Waals surface area contributed by atoms with Crippen LogP contribution in [0.25, 0.3) is 0 Å². The van der Waals surface area contributed by atoms with Crippen molar-refractivity contribution < 1.29 is 4.79 Å². The fraction of sp³-hybridized carbons (Fsp3) is 0.375. The van der Waals surface area contributed by atoms with Gasteiger partial charge in [-0.1, -0.05) is 30.3 Å². The minimum atomic E-state index is 0.112. The Morgan fingerprint density at radius 3 is 2.71 bits per heavy atom. The van der Waals surface area contributed by atoms with Crippen LogP contribution < -0.4 is 5.32 Å². The molecule has 21 heavy (non-hydrogen) atoms. The fourth-order valence-corrected chi connectivity index (χ4v) is 3.22. The summed E-state index contributed by atoms with van der Waals surface area (Å²) in [5.41, 5.74) is 1.34. The minimum Gasteiger partial charge on any atom is -0.302 e. The van der Waals surface area contributed by atoms with Crippen molar-refractivity contribution in [2.45, 2.75) is 19.4 Å². The third kappa shape index (κ3) is 3.89. The van der Waals surface area contributed by atoms with Gasteiger partial charge in [-0.05, 0) is 31.5 Å². The predicted octanol–water partition coefficient (Wildman–Crippen LogP) is 2.99. The van der Waals surface area contributed by atoms with Gasteiger partial charge in [0.1, 0.15) is 0 Å². The highest BCUT2D eigenvalue weighted by atomic mass is 32.1. The van der Waals surface area contributed by atoms with Gasteiger partial charge < -0.3 is 5.32 Å². The summed E-state index contributed by atoms with van der Waals surface area (Å²) in [6.07, 6.45) is 3.55. The number of carbonyl (C=O) groups is 1. The first-order valence-corrected chi connectivity index (χ1v) is 8.16. The van der Waals surface area contributed by atoms with E-state index in [0.717, 1.165) is 32.5 Å². The molecule has 1 aromatic carbocycles. The molecule has 0 atom stereocenters. The van der Waals surface area contributed by atoms with Gasteiger partial charge in [0.05, 0.1) is 0 Å². The highest BCUT2D eigenvalue weighted by molar-refractivity contribution is 7.13. The summed E-state index contributed by atoms with van der Waals surface area (Å²) in [7, 11) is 0. The van der Waals surface area contributed by atoms with Crippen LogP contribution in [0.4, 0.5) is 5.13 Å². The smallest absolute Gasteiger partial charge is 0.229 e. The first-order chi connectivity index (χ1) is 10.3. The molecule has 0 unspecified atom stereocenters. The van der Waals surface area contributed by atoms with Crippen molar-refractivity contribution in [2.24, 2.45) is 5.92 Å². The maximum Gasteiger partial charge on any atom is 0.229 e. The van der Waals surface area contributed by atoms with Gasteiger partial charge in [0, 0.05) is 24.0 Å². The number of nitrogens with one attached hydrogen (secondary N) is 1. The van der Waals surface area contributed by atoms with Crippen LogP contribution in [0.1, 0.15) is 18.4 Å². The molecule has 4 nitrogen and oxygen atoms in total. The summed E-state index contributed by atoms with van der Waals surface area (Å²) < 4.78 is 0. The molecule has 1 aliphatic heterocycles. The van der Waals surface area contributed by atoms with E-state index >= 15 is 0 Å². The van der Waals surface area contributed by atoms with E-state index in [9.17, 15) is 4.79 Å². The van der Waals surface area contributed by atoms with E-state index in [0.29, 0.717) is 5.13 Å². The maximum absolute atomic E-state index is 12.2. The molecule has 2 heterocycles. The molecule has 3 rings (SSSR count). The second-order valence-electron chi connectivity index (χ2n) is 5.36. The lowest BCUT2D eigenvalue weighted by Crippen LogP contribution is -2.37. The van der Waals surface area contributed by atoms with Gasteiger partial charge in [0.2, 0.25) is 5.91 Å². The predicted molar refractivity (Wildman–Crippen MR) is 85.2 cm³/mol. The van der Waals surface area contributed by atoms with Crippen molar-refractivity contribution in [2.75, 3.05) is 18.4 Å². The van der Waals surface area contributed by atoms with Crippen LogP contribution in [0.5, 0.6) is 0 Å². The van der Waals surface area contributed by atoms with Gasteiger partial charge >= 0.3 is 0 Å². The number of likely N-dealkylation sites (tertiary alicyclic amines) is 1. The van der Waals surface area contributed by atoms with E-state index in [1.54, 1.807) is 6.20 Å². The van der Waals surface area contributed by atoms with E-state index < -0.39 is 0 Å². The number of carbonyl (C=O) groups excluding carboxylic acids is 1. The van der Waals surface area contributed by atoms with Crippen LogP contribution in [0.2, 0.25) is 0 Å². The number of hydrogen-bond donors (Lipinski definition) is 1. The average Bonchev–Trinajstić information content (AvgIpc) is 3.02. The molecular weight excluding hydrogens is 282 g/mol. The van der Waals surface area contributed by atoms with Crippen molar-refractivity contribution in [3.63, 3.8) is 0 Å². The van der Waals surface area contributed by atoms with Crippen molar-refractivity contribution >= 4 is 22.4 Å². The first-order valence-electron chi connectivity index (χ1n) is 7.28. The normalized spacial score (nSPS) is 16.8. The van der Waals surface area contributed by atoms with Crippen LogP contribution in [0, 0.1) is 5.92 Å². The van der Waals surface area contributed by atoms with Crippen LogP contribution in [0.15, 0.2) is 41.9 Å². The third-order valence-corrected chi connectivity index (χ3v) is 4.56. The topological polar surface area (TPSA) is 45.2 Å². The zero-order valence-electron chi connectivity index (χ0n) is 11.9. The first kappa shape index (κ1) is 14.2. The Balaban J connectivity index is 1.47. The Morgan fingerprint density at radius 1 is 1.29 bits per heavy atom. The Bertz CT molecular complexity index is 562. The number of amides is 1. The largest absolute Gasteiger partial charge is 0.302 e. The van der Waals surface area contributed by atoms with Gasteiger partial charge in [0.25, 0.3) is 0 Å². The summed E-state index contributed by atoms with van der Waals surface area (Å²) in [6, 6.07) is 10.5. The number of rotatable bonds is 4. The zero-order valence-corrected chi connectivity index (χ0v) is 12.7. The van der Waals surface area contributed by atoms with Crippen LogP contribution in [0.3, 0.4) is 0 Å². The van der Waals surface area contributed by atoms with Crippen LogP contribution in [-0.4, -0.2) is 28.9 Å². The molecule has 1 fully saturated rings. The van der Waals surface area contributed by atoms with Crippen molar-refractivity contribution in [1.29, 1.82) is 0 Å². The Hall–Kier alpha value is -1.72. The summed E-state index contributed by atoms with van der Waals surface area (Å²) in [5.74, 6) is 0.227. The number of nitrogens with zero attached hydrogens (tertiary/aromatic N) is 2. The lowest BCUT2D eigenvalue weighted by atomic mass is 9.95. The van der Waals surface area contributed by atoms with Crippen molar-refractivity contribution in [3.05, 3.63) is 47.5 Å². The lowest BCUT2D eigenvalue weighted by Gasteiger charge is -2.31. The minimum absolute atomic E-state index is 0.112. The van der Waals surface area contributed by atoms with Gasteiger partial charge in [0.15, 0.2) is 5.13 Å². The number of thiazole rings is 1. The second-order valence-corrected chi connectivity index (χ2v) is 6.26. The summed E-state index contributed by atoms with van der Waals surface area (Å²) in [5, 5.41) is 5.48. The summed E-state index contributed by atoms with van der Waals surface area (Å²) in [6.45, 7) is 2.93. The molecule has 1 aromatic heterocycles. The molecule has 0 aliphatic carbocycles. The van der Waals surface area contributed by atoms with E-state index in [1.165, 1.54) is 16.9 Å². The molecule has 0 radical (unpaired) electrons. The molecular formula is C16H19N3OS. The Morgan fingerprint density at radius 2 is 2.05 bits per heavy atom. The number of aromatic nitrogens is 1.